The molecule has 0 amide bonds. The molecule has 0 atom stereocenters. The van der Waals surface area contributed by atoms with Gasteiger partial charge in [-0.05, 0) is 53.6 Å². The maximum atomic E-state index is 4.39. The maximum Gasteiger partial charge on any atom is 0.0622 e. The van der Waals surface area contributed by atoms with Crippen LogP contribution in [-0.4, -0.2) is 14.1 Å². The fourth-order valence-electron chi connectivity index (χ4n) is 5.09. The highest BCUT2D eigenvalue weighted by Crippen LogP contribution is 2.37. The molecule has 0 unspecified atom stereocenters. The molecule has 182 valence electrons. The fraction of sp³-hybridized carbons (Fsp3) is 0. The fourth-order valence-corrected chi connectivity index (χ4v) is 5.09. The van der Waals surface area contributed by atoms with Gasteiger partial charge >= 0.3 is 0 Å². The zero-order valence-electron chi connectivity index (χ0n) is 21.0. The first-order valence-corrected chi connectivity index (χ1v) is 12.6. The molecule has 3 heterocycles. The van der Waals surface area contributed by atoms with Crippen molar-refractivity contribution in [3.63, 3.8) is 0 Å². The van der Waals surface area contributed by atoms with Crippen molar-refractivity contribution in [1.29, 1.82) is 0 Å². The largest absolute Gasteiger partial charge is 0.323 e. The SMILES string of the molecule is C=CC=Cc1cncc(C(C=C)=CC=Cn2ccc3ccc4c(c5ccccc5n4-c4ccccc4)c32)c1. The normalized spacial score (nSPS) is 12.4. The number of hydrogen-bond donors (Lipinski definition) is 0. The van der Waals surface area contributed by atoms with Crippen LogP contribution >= 0.6 is 0 Å². The Morgan fingerprint density at radius 3 is 2.50 bits per heavy atom. The van der Waals surface area contributed by atoms with E-state index in [0.29, 0.717) is 0 Å². The minimum Gasteiger partial charge on any atom is -0.323 e. The summed E-state index contributed by atoms with van der Waals surface area (Å²) in [7, 11) is 0. The maximum absolute atomic E-state index is 4.39. The van der Waals surface area contributed by atoms with E-state index in [2.05, 4.69) is 131 Å². The second-order valence-corrected chi connectivity index (χ2v) is 9.08. The third kappa shape index (κ3) is 4.10. The number of para-hydroxylation sites is 2. The van der Waals surface area contributed by atoms with E-state index in [1.54, 1.807) is 6.08 Å². The molecule has 0 aliphatic rings. The minimum atomic E-state index is 1.00. The number of nitrogens with zero attached hydrogens (tertiary/aromatic N) is 3. The Kier molecular flexibility index (Phi) is 6.17. The lowest BCUT2D eigenvalue weighted by molar-refractivity contribution is 1.18. The van der Waals surface area contributed by atoms with Crippen LogP contribution in [0.2, 0.25) is 0 Å². The third-order valence-electron chi connectivity index (χ3n) is 6.79. The third-order valence-corrected chi connectivity index (χ3v) is 6.79. The number of aromatic nitrogens is 3. The molecule has 0 fully saturated rings. The average molecular weight is 490 g/mol. The molecule has 0 radical (unpaired) electrons. The van der Waals surface area contributed by atoms with Crippen molar-refractivity contribution < 1.29 is 0 Å². The van der Waals surface area contributed by atoms with Gasteiger partial charge in [0.15, 0.2) is 0 Å². The molecule has 0 bridgehead atoms. The predicted octanol–water partition coefficient (Wildman–Crippen LogP) is 9.07. The second kappa shape index (κ2) is 10.1. The Balaban J connectivity index is 1.48. The van der Waals surface area contributed by atoms with E-state index in [0.717, 1.165) is 22.4 Å². The van der Waals surface area contributed by atoms with Gasteiger partial charge in [-0.3, -0.25) is 4.98 Å². The smallest absolute Gasteiger partial charge is 0.0622 e. The van der Waals surface area contributed by atoms with Gasteiger partial charge in [-0.2, -0.15) is 0 Å². The first-order chi connectivity index (χ1) is 18.8. The first kappa shape index (κ1) is 23.3. The molecule has 3 heteroatoms. The Hall–Kier alpha value is -5.15. The number of benzene rings is 3. The van der Waals surface area contributed by atoms with Gasteiger partial charge < -0.3 is 9.13 Å². The molecule has 38 heavy (non-hydrogen) atoms. The van der Waals surface area contributed by atoms with Gasteiger partial charge in [0.1, 0.15) is 0 Å². The van der Waals surface area contributed by atoms with E-state index in [-0.39, 0.29) is 0 Å². The predicted molar refractivity (Wildman–Crippen MR) is 163 cm³/mol. The Morgan fingerprint density at radius 1 is 0.816 bits per heavy atom. The van der Waals surface area contributed by atoms with Crippen molar-refractivity contribution in [1.82, 2.24) is 14.1 Å². The zero-order chi connectivity index (χ0) is 25.9. The Bertz CT molecular complexity index is 1890. The number of allylic oxidation sites excluding steroid dienone is 6. The number of fused-ring (bicyclic) bond motifs is 5. The number of hydrogen-bond acceptors (Lipinski definition) is 1. The van der Waals surface area contributed by atoms with Crippen molar-refractivity contribution in [3.8, 4) is 5.69 Å². The molecule has 0 saturated carbocycles. The molecule has 0 N–H and O–H groups in total. The van der Waals surface area contributed by atoms with Crippen LogP contribution in [0, 0.1) is 0 Å². The van der Waals surface area contributed by atoms with Crippen LogP contribution in [0.5, 0.6) is 0 Å². The van der Waals surface area contributed by atoms with Gasteiger partial charge in [-0.25, -0.2) is 0 Å². The number of pyridine rings is 1. The van der Waals surface area contributed by atoms with E-state index in [1.807, 2.05) is 30.6 Å². The summed E-state index contributed by atoms with van der Waals surface area (Å²) in [6.07, 6.45) is 19.6. The molecule has 0 spiro atoms. The topological polar surface area (TPSA) is 22.8 Å². The Morgan fingerprint density at radius 2 is 1.66 bits per heavy atom. The summed E-state index contributed by atoms with van der Waals surface area (Å²) in [6, 6.07) is 27.9. The van der Waals surface area contributed by atoms with Crippen LogP contribution in [0.3, 0.4) is 0 Å². The second-order valence-electron chi connectivity index (χ2n) is 9.08. The highest BCUT2D eigenvalue weighted by Gasteiger charge is 2.16. The zero-order valence-corrected chi connectivity index (χ0v) is 21.0. The minimum absolute atomic E-state index is 1.00. The summed E-state index contributed by atoms with van der Waals surface area (Å²) in [5.74, 6) is 0. The van der Waals surface area contributed by atoms with Crippen molar-refractivity contribution in [3.05, 3.63) is 152 Å². The van der Waals surface area contributed by atoms with Crippen LogP contribution in [0.4, 0.5) is 0 Å². The average Bonchev–Trinajstić information content (AvgIpc) is 3.53. The van der Waals surface area contributed by atoms with E-state index in [1.165, 1.54) is 32.7 Å². The lowest BCUT2D eigenvalue weighted by Crippen LogP contribution is -1.93. The summed E-state index contributed by atoms with van der Waals surface area (Å²) >= 11 is 0. The van der Waals surface area contributed by atoms with Crippen LogP contribution in [0.15, 0.2) is 141 Å². The summed E-state index contributed by atoms with van der Waals surface area (Å²) in [6.45, 7) is 7.77. The standard InChI is InChI=1S/C35H27N3/c1-3-5-12-26-23-29(25-36-24-26)27(4-2)13-11-21-37-22-20-28-18-19-33-34(35(28)37)31-16-9-10-17-32(31)38(33)30-14-7-6-8-15-30/h3-25H,1-2H2. The van der Waals surface area contributed by atoms with Crippen LogP contribution in [0.1, 0.15) is 11.1 Å². The van der Waals surface area contributed by atoms with E-state index >= 15 is 0 Å². The monoisotopic (exact) mass is 489 g/mol. The summed E-state index contributed by atoms with van der Waals surface area (Å²) in [5.41, 5.74) is 7.78. The highest BCUT2D eigenvalue weighted by molar-refractivity contribution is 6.20. The Labute approximate surface area is 222 Å². The molecule has 6 rings (SSSR count). The molecule has 3 nitrogen and oxygen atoms in total. The van der Waals surface area contributed by atoms with Crippen LogP contribution < -0.4 is 0 Å². The van der Waals surface area contributed by atoms with Crippen molar-refractivity contribution in [2.24, 2.45) is 0 Å². The lowest BCUT2D eigenvalue weighted by atomic mass is 10.1. The molecule has 0 saturated heterocycles. The molecular weight excluding hydrogens is 462 g/mol. The first-order valence-electron chi connectivity index (χ1n) is 12.6. The van der Waals surface area contributed by atoms with E-state index < -0.39 is 0 Å². The molecule has 0 aliphatic heterocycles. The van der Waals surface area contributed by atoms with Gasteiger partial charge in [-0.15, -0.1) is 0 Å². The molecule has 3 aromatic carbocycles. The van der Waals surface area contributed by atoms with Crippen LogP contribution in [-0.2, 0) is 0 Å². The van der Waals surface area contributed by atoms with Gasteiger partial charge in [-0.1, -0.05) is 86.0 Å². The van der Waals surface area contributed by atoms with Crippen molar-refractivity contribution >= 4 is 50.6 Å². The summed E-state index contributed by atoms with van der Waals surface area (Å²) in [5, 5.41) is 3.69. The van der Waals surface area contributed by atoms with Gasteiger partial charge in [0.05, 0.1) is 16.6 Å². The lowest BCUT2D eigenvalue weighted by Gasteiger charge is -2.07. The van der Waals surface area contributed by atoms with Gasteiger partial charge in [0.2, 0.25) is 0 Å². The molecule has 3 aromatic heterocycles. The highest BCUT2D eigenvalue weighted by atomic mass is 15.0. The summed E-state index contributed by atoms with van der Waals surface area (Å²) < 4.78 is 4.56. The van der Waals surface area contributed by atoms with E-state index in [9.17, 15) is 0 Å². The van der Waals surface area contributed by atoms with E-state index in [4.69, 9.17) is 0 Å². The molecular formula is C35H27N3. The summed E-state index contributed by atoms with van der Waals surface area (Å²) in [4.78, 5) is 4.39. The number of rotatable bonds is 7. The van der Waals surface area contributed by atoms with Crippen molar-refractivity contribution in [2.45, 2.75) is 0 Å². The van der Waals surface area contributed by atoms with Crippen LogP contribution in [0.25, 0.3) is 56.2 Å². The quantitative estimate of drug-likeness (QED) is 0.205. The van der Waals surface area contributed by atoms with Crippen molar-refractivity contribution in [2.75, 3.05) is 0 Å². The van der Waals surface area contributed by atoms with Gasteiger partial charge in [0, 0.05) is 52.2 Å². The van der Waals surface area contributed by atoms with Gasteiger partial charge in [0.25, 0.3) is 0 Å². The molecule has 0 aliphatic carbocycles. The molecule has 6 aromatic rings.